The zero-order valence-corrected chi connectivity index (χ0v) is 17.7. The summed E-state index contributed by atoms with van der Waals surface area (Å²) in [7, 11) is 0. The number of benzene rings is 1. The van der Waals surface area contributed by atoms with E-state index >= 15 is 0 Å². The summed E-state index contributed by atoms with van der Waals surface area (Å²) in [5.41, 5.74) is 9.92. The first-order valence-corrected chi connectivity index (χ1v) is 10.8. The molecule has 2 aliphatic rings. The second-order valence-electron chi connectivity index (χ2n) is 7.97. The highest BCUT2D eigenvalue weighted by atomic mass is 32.2. The molecule has 0 unspecified atom stereocenters. The number of rotatable bonds is 5. The van der Waals surface area contributed by atoms with E-state index in [2.05, 4.69) is 59.1 Å². The van der Waals surface area contributed by atoms with Crippen LogP contribution in [0.1, 0.15) is 76.0 Å². The van der Waals surface area contributed by atoms with Crippen LogP contribution in [0.3, 0.4) is 0 Å². The number of hydrogen-bond donors (Lipinski definition) is 0. The Morgan fingerprint density at radius 2 is 1.92 bits per heavy atom. The van der Waals surface area contributed by atoms with Crippen molar-refractivity contribution in [1.29, 1.82) is 0 Å². The van der Waals surface area contributed by atoms with Crippen molar-refractivity contribution in [2.24, 2.45) is 5.92 Å². The standard InChI is InChI=1S/C25H32S/c1-7-21(20-10-8-9-11-20)23-15-24-18(5)22(13-12-16(2)3)19(6)26-25(24)14-17(23)4/h7,14-15,20H,2,6,8-13H2,1,3-5H3/b21-7-. The van der Waals surface area contributed by atoms with Gasteiger partial charge in [0.05, 0.1) is 0 Å². The minimum Gasteiger partial charge on any atom is -0.100 e. The molecule has 0 radical (unpaired) electrons. The number of allylic oxidation sites excluding steroid dienone is 5. The average molecular weight is 365 g/mol. The molecule has 0 bridgehead atoms. The minimum absolute atomic E-state index is 0.745. The molecule has 1 fully saturated rings. The summed E-state index contributed by atoms with van der Waals surface area (Å²) >= 11 is 1.85. The first kappa shape index (κ1) is 19.3. The Bertz CT molecular complexity index is 798. The molecule has 3 rings (SSSR count). The van der Waals surface area contributed by atoms with Crippen LogP contribution in [0, 0.1) is 12.8 Å². The Balaban J connectivity index is 2.03. The predicted molar refractivity (Wildman–Crippen MR) is 118 cm³/mol. The summed E-state index contributed by atoms with van der Waals surface area (Å²) in [6.45, 7) is 17.3. The molecule has 138 valence electrons. The van der Waals surface area contributed by atoms with Crippen molar-refractivity contribution in [3.05, 3.63) is 64.1 Å². The maximum absolute atomic E-state index is 4.35. The van der Waals surface area contributed by atoms with Crippen molar-refractivity contribution in [1.82, 2.24) is 0 Å². The molecule has 1 aromatic carbocycles. The SMILES string of the molecule is C=C(C)CCC1=C(C)c2cc(/C(=C\C)C3CCCC3)c(C)cc2SC1=C. The van der Waals surface area contributed by atoms with Crippen molar-refractivity contribution >= 4 is 22.9 Å². The zero-order valence-electron chi connectivity index (χ0n) is 16.9. The van der Waals surface area contributed by atoms with Crippen LogP contribution in [0.4, 0.5) is 0 Å². The maximum Gasteiger partial charge on any atom is 0.0200 e. The van der Waals surface area contributed by atoms with Crippen LogP contribution in [0.5, 0.6) is 0 Å². The minimum atomic E-state index is 0.745. The Morgan fingerprint density at radius 1 is 1.23 bits per heavy atom. The van der Waals surface area contributed by atoms with Gasteiger partial charge in [-0.2, -0.15) is 0 Å². The van der Waals surface area contributed by atoms with E-state index in [1.165, 1.54) is 68.9 Å². The first-order chi connectivity index (χ1) is 12.4. The lowest BCUT2D eigenvalue weighted by molar-refractivity contribution is 0.704. The van der Waals surface area contributed by atoms with Crippen LogP contribution in [0.25, 0.3) is 11.1 Å². The average Bonchev–Trinajstić information content (AvgIpc) is 3.10. The summed E-state index contributed by atoms with van der Waals surface area (Å²) in [5.74, 6) is 0.745. The molecule has 0 aromatic heterocycles. The molecule has 0 atom stereocenters. The first-order valence-electron chi connectivity index (χ1n) is 9.95. The summed E-state index contributed by atoms with van der Waals surface area (Å²) in [6.07, 6.45) is 9.91. The van der Waals surface area contributed by atoms with Gasteiger partial charge in [-0.05, 0) is 105 Å². The van der Waals surface area contributed by atoms with E-state index in [4.69, 9.17) is 0 Å². The van der Waals surface area contributed by atoms with Crippen LogP contribution in [-0.4, -0.2) is 0 Å². The van der Waals surface area contributed by atoms with Crippen LogP contribution < -0.4 is 0 Å². The van der Waals surface area contributed by atoms with Gasteiger partial charge < -0.3 is 0 Å². The van der Waals surface area contributed by atoms with Crippen molar-refractivity contribution in [3.63, 3.8) is 0 Å². The van der Waals surface area contributed by atoms with Gasteiger partial charge in [-0.15, -0.1) is 6.58 Å². The lowest BCUT2D eigenvalue weighted by Crippen LogP contribution is -2.05. The van der Waals surface area contributed by atoms with Gasteiger partial charge in [0.1, 0.15) is 0 Å². The van der Waals surface area contributed by atoms with Gasteiger partial charge >= 0.3 is 0 Å². The number of fused-ring (bicyclic) bond motifs is 1. The van der Waals surface area contributed by atoms with E-state index in [0.717, 1.165) is 18.8 Å². The predicted octanol–water partition coefficient (Wildman–Crippen LogP) is 8.34. The van der Waals surface area contributed by atoms with E-state index < -0.39 is 0 Å². The van der Waals surface area contributed by atoms with E-state index in [-0.39, 0.29) is 0 Å². The highest BCUT2D eigenvalue weighted by molar-refractivity contribution is 8.03. The molecule has 1 saturated carbocycles. The normalized spacial score (nSPS) is 18.5. The molecular weight excluding hydrogens is 332 g/mol. The maximum atomic E-state index is 4.35. The van der Waals surface area contributed by atoms with E-state index in [0.29, 0.717) is 0 Å². The monoisotopic (exact) mass is 364 g/mol. The molecule has 0 saturated heterocycles. The largest absolute Gasteiger partial charge is 0.100 e. The van der Waals surface area contributed by atoms with Gasteiger partial charge in [-0.1, -0.05) is 42.8 Å². The summed E-state index contributed by atoms with van der Waals surface area (Å²) in [6, 6.07) is 4.85. The molecule has 0 nitrogen and oxygen atoms in total. The smallest absolute Gasteiger partial charge is 0.0200 e. The van der Waals surface area contributed by atoms with Crippen LogP contribution in [0.15, 0.2) is 52.3 Å². The zero-order chi connectivity index (χ0) is 18.8. The lowest BCUT2D eigenvalue weighted by Gasteiger charge is -2.26. The van der Waals surface area contributed by atoms with Crippen molar-refractivity contribution in [3.8, 4) is 0 Å². The second kappa shape index (κ2) is 8.05. The van der Waals surface area contributed by atoms with E-state index in [1.807, 2.05) is 11.8 Å². The van der Waals surface area contributed by atoms with Gasteiger partial charge in [0.2, 0.25) is 0 Å². The molecule has 1 aliphatic carbocycles. The molecule has 0 amide bonds. The number of aryl methyl sites for hydroxylation is 1. The van der Waals surface area contributed by atoms with E-state index in [1.54, 1.807) is 5.57 Å². The van der Waals surface area contributed by atoms with Crippen LogP contribution >= 0.6 is 11.8 Å². The molecule has 1 heteroatoms. The quantitative estimate of drug-likeness (QED) is 0.473. The molecular formula is C25H32S. The fourth-order valence-electron chi connectivity index (χ4n) is 4.45. The van der Waals surface area contributed by atoms with Gasteiger partial charge in [-0.25, -0.2) is 0 Å². The summed E-state index contributed by atoms with van der Waals surface area (Å²) in [4.78, 5) is 2.58. The molecule has 1 heterocycles. The lowest BCUT2D eigenvalue weighted by atomic mass is 9.86. The third-order valence-corrected chi connectivity index (χ3v) is 7.02. The van der Waals surface area contributed by atoms with Gasteiger partial charge in [0.15, 0.2) is 0 Å². The summed E-state index contributed by atoms with van der Waals surface area (Å²) in [5, 5.41) is 0. The summed E-state index contributed by atoms with van der Waals surface area (Å²) < 4.78 is 0. The number of hydrogen-bond acceptors (Lipinski definition) is 1. The fourth-order valence-corrected chi connectivity index (χ4v) is 5.65. The Hall–Kier alpha value is -1.47. The third-order valence-electron chi connectivity index (χ3n) is 5.97. The number of thioether (sulfide) groups is 1. The fraction of sp³-hybridized carbons (Fsp3) is 0.440. The van der Waals surface area contributed by atoms with Gasteiger partial charge in [0, 0.05) is 9.80 Å². The third kappa shape index (κ3) is 3.78. The van der Waals surface area contributed by atoms with Crippen molar-refractivity contribution in [2.45, 2.75) is 71.1 Å². The van der Waals surface area contributed by atoms with Crippen LogP contribution in [0.2, 0.25) is 0 Å². The Kier molecular flexibility index (Phi) is 5.97. The molecule has 0 N–H and O–H groups in total. The highest BCUT2D eigenvalue weighted by Gasteiger charge is 2.25. The molecule has 1 aliphatic heterocycles. The Labute approximate surface area is 164 Å². The van der Waals surface area contributed by atoms with Gasteiger partial charge in [0.25, 0.3) is 0 Å². The topological polar surface area (TPSA) is 0 Å². The molecule has 0 spiro atoms. The van der Waals surface area contributed by atoms with Crippen molar-refractivity contribution in [2.75, 3.05) is 0 Å². The molecule has 1 aromatic rings. The molecule has 26 heavy (non-hydrogen) atoms. The second-order valence-corrected chi connectivity index (χ2v) is 9.11. The Morgan fingerprint density at radius 3 is 2.54 bits per heavy atom. The van der Waals surface area contributed by atoms with Crippen molar-refractivity contribution < 1.29 is 0 Å². The van der Waals surface area contributed by atoms with E-state index in [9.17, 15) is 0 Å². The highest BCUT2D eigenvalue weighted by Crippen LogP contribution is 2.47. The van der Waals surface area contributed by atoms with Gasteiger partial charge in [-0.3, -0.25) is 0 Å². The van der Waals surface area contributed by atoms with Crippen LogP contribution in [-0.2, 0) is 0 Å².